The fourth-order valence-corrected chi connectivity index (χ4v) is 2.30. The quantitative estimate of drug-likeness (QED) is 0.539. The first-order valence-corrected chi connectivity index (χ1v) is 8.00. The highest BCUT2D eigenvalue weighted by molar-refractivity contribution is 9.10. The Morgan fingerprint density at radius 2 is 2.00 bits per heavy atom. The van der Waals surface area contributed by atoms with E-state index in [1.54, 1.807) is 0 Å². The monoisotopic (exact) mass is 344 g/mol. The molecule has 114 valence electrons. The van der Waals surface area contributed by atoms with Crippen LogP contribution in [0.4, 0.5) is 0 Å². The Morgan fingerprint density at radius 1 is 1.20 bits per heavy atom. The predicted molar refractivity (Wildman–Crippen MR) is 86.2 cm³/mol. The fourth-order valence-electron chi connectivity index (χ4n) is 1.76. The van der Waals surface area contributed by atoms with E-state index in [0.29, 0.717) is 6.54 Å². The summed E-state index contributed by atoms with van der Waals surface area (Å²) >= 11 is 3.54. The van der Waals surface area contributed by atoms with Crippen molar-refractivity contribution in [2.75, 3.05) is 32.8 Å². The highest BCUT2D eigenvalue weighted by atomic mass is 79.9. The third kappa shape index (κ3) is 7.24. The van der Waals surface area contributed by atoms with Crippen LogP contribution in [0.2, 0.25) is 0 Å². The number of hydrogen-bond acceptors (Lipinski definition) is 4. The first kappa shape index (κ1) is 17.4. The van der Waals surface area contributed by atoms with Crippen LogP contribution in [0.3, 0.4) is 0 Å². The van der Waals surface area contributed by atoms with Crippen molar-refractivity contribution in [3.63, 3.8) is 0 Å². The SMILES string of the molecule is CCCOc1ccc(CNCCCNCCO)cc1Br. The Balaban J connectivity index is 2.22. The standard InChI is InChI=1S/C15H25BrN2O2/c1-2-10-20-15-5-4-13(11-14(15)16)12-18-7-3-6-17-8-9-19/h4-5,11,17-19H,2-3,6-10,12H2,1H3. The second kappa shape index (κ2) is 11.1. The van der Waals surface area contributed by atoms with Gasteiger partial charge in [-0.3, -0.25) is 0 Å². The molecule has 4 nitrogen and oxygen atoms in total. The van der Waals surface area contributed by atoms with Crippen LogP contribution in [-0.4, -0.2) is 38.0 Å². The van der Waals surface area contributed by atoms with Crippen LogP contribution in [0.25, 0.3) is 0 Å². The van der Waals surface area contributed by atoms with E-state index >= 15 is 0 Å². The highest BCUT2D eigenvalue weighted by Gasteiger charge is 2.02. The summed E-state index contributed by atoms with van der Waals surface area (Å²) in [7, 11) is 0. The van der Waals surface area contributed by atoms with E-state index in [1.807, 2.05) is 6.07 Å². The molecule has 0 spiro atoms. The summed E-state index contributed by atoms with van der Waals surface area (Å²) in [5.74, 6) is 0.906. The molecular formula is C15H25BrN2O2. The third-order valence-electron chi connectivity index (χ3n) is 2.78. The molecule has 1 aromatic carbocycles. The molecule has 20 heavy (non-hydrogen) atoms. The molecule has 0 aliphatic rings. The molecule has 0 atom stereocenters. The maximum atomic E-state index is 8.63. The average molecular weight is 345 g/mol. The lowest BCUT2D eigenvalue weighted by Gasteiger charge is -2.10. The lowest BCUT2D eigenvalue weighted by Crippen LogP contribution is -2.23. The Bertz CT molecular complexity index is 375. The topological polar surface area (TPSA) is 53.5 Å². The van der Waals surface area contributed by atoms with Crippen molar-refractivity contribution >= 4 is 15.9 Å². The van der Waals surface area contributed by atoms with E-state index in [0.717, 1.165) is 49.3 Å². The first-order chi connectivity index (χ1) is 9.77. The van der Waals surface area contributed by atoms with Crippen LogP contribution in [0, 0.1) is 0 Å². The van der Waals surface area contributed by atoms with E-state index in [1.165, 1.54) is 5.56 Å². The van der Waals surface area contributed by atoms with Crippen molar-refractivity contribution in [2.45, 2.75) is 26.3 Å². The molecule has 1 aromatic rings. The van der Waals surface area contributed by atoms with E-state index < -0.39 is 0 Å². The fraction of sp³-hybridized carbons (Fsp3) is 0.600. The van der Waals surface area contributed by atoms with E-state index in [4.69, 9.17) is 9.84 Å². The maximum Gasteiger partial charge on any atom is 0.133 e. The van der Waals surface area contributed by atoms with Crippen molar-refractivity contribution < 1.29 is 9.84 Å². The van der Waals surface area contributed by atoms with Crippen LogP contribution in [0.1, 0.15) is 25.3 Å². The molecular weight excluding hydrogens is 320 g/mol. The maximum absolute atomic E-state index is 8.63. The first-order valence-electron chi connectivity index (χ1n) is 7.21. The summed E-state index contributed by atoms with van der Waals surface area (Å²) in [6.07, 6.45) is 2.07. The number of ether oxygens (including phenoxy) is 1. The van der Waals surface area contributed by atoms with Gasteiger partial charge >= 0.3 is 0 Å². The lowest BCUT2D eigenvalue weighted by molar-refractivity contribution is 0.292. The molecule has 1 rings (SSSR count). The molecule has 0 unspecified atom stereocenters. The number of aliphatic hydroxyl groups is 1. The van der Waals surface area contributed by atoms with Crippen LogP contribution in [-0.2, 0) is 6.54 Å². The molecule has 0 amide bonds. The van der Waals surface area contributed by atoms with Crippen molar-refractivity contribution in [3.8, 4) is 5.75 Å². The number of benzene rings is 1. The van der Waals surface area contributed by atoms with Gasteiger partial charge in [-0.25, -0.2) is 0 Å². The zero-order valence-corrected chi connectivity index (χ0v) is 13.7. The molecule has 5 heteroatoms. The van der Waals surface area contributed by atoms with Crippen molar-refractivity contribution in [1.29, 1.82) is 0 Å². The van der Waals surface area contributed by atoms with Gasteiger partial charge in [0.2, 0.25) is 0 Å². The number of nitrogens with one attached hydrogen (secondary N) is 2. The van der Waals surface area contributed by atoms with Gasteiger partial charge in [-0.2, -0.15) is 0 Å². The third-order valence-corrected chi connectivity index (χ3v) is 3.40. The Labute approximate surface area is 130 Å². The largest absolute Gasteiger partial charge is 0.492 e. The zero-order valence-electron chi connectivity index (χ0n) is 12.1. The minimum atomic E-state index is 0.202. The molecule has 0 saturated heterocycles. The second-order valence-corrected chi connectivity index (χ2v) is 5.47. The summed E-state index contributed by atoms with van der Waals surface area (Å²) in [4.78, 5) is 0. The molecule has 0 aromatic heterocycles. The number of aliphatic hydroxyl groups excluding tert-OH is 1. The van der Waals surface area contributed by atoms with Gasteiger partial charge < -0.3 is 20.5 Å². The molecule has 0 fully saturated rings. The van der Waals surface area contributed by atoms with Gasteiger partial charge in [0.05, 0.1) is 17.7 Å². The number of halogens is 1. The molecule has 0 bridgehead atoms. The summed E-state index contributed by atoms with van der Waals surface area (Å²) in [5, 5.41) is 15.2. The van der Waals surface area contributed by atoms with Crippen LogP contribution in [0.5, 0.6) is 5.75 Å². The lowest BCUT2D eigenvalue weighted by atomic mass is 10.2. The van der Waals surface area contributed by atoms with Gasteiger partial charge in [-0.15, -0.1) is 0 Å². The molecule has 0 aliphatic carbocycles. The number of hydrogen-bond donors (Lipinski definition) is 3. The van der Waals surface area contributed by atoms with E-state index in [2.05, 4.69) is 45.6 Å². The van der Waals surface area contributed by atoms with Gasteiger partial charge in [0.15, 0.2) is 0 Å². The molecule has 0 aliphatic heterocycles. The minimum Gasteiger partial charge on any atom is -0.492 e. The van der Waals surface area contributed by atoms with Gasteiger partial charge in [-0.05, 0) is 59.6 Å². The Morgan fingerprint density at radius 3 is 2.70 bits per heavy atom. The highest BCUT2D eigenvalue weighted by Crippen LogP contribution is 2.26. The van der Waals surface area contributed by atoms with Crippen LogP contribution in [0.15, 0.2) is 22.7 Å². The van der Waals surface area contributed by atoms with Crippen LogP contribution < -0.4 is 15.4 Å². The summed E-state index contributed by atoms with van der Waals surface area (Å²) < 4.78 is 6.63. The van der Waals surface area contributed by atoms with Gasteiger partial charge in [-0.1, -0.05) is 13.0 Å². The van der Waals surface area contributed by atoms with Crippen molar-refractivity contribution in [1.82, 2.24) is 10.6 Å². The summed E-state index contributed by atoms with van der Waals surface area (Å²) in [6, 6.07) is 6.20. The average Bonchev–Trinajstić information content (AvgIpc) is 2.45. The van der Waals surface area contributed by atoms with Gasteiger partial charge in [0.25, 0.3) is 0 Å². The zero-order chi connectivity index (χ0) is 14.6. The van der Waals surface area contributed by atoms with Crippen molar-refractivity contribution in [2.24, 2.45) is 0 Å². The predicted octanol–water partition coefficient (Wildman–Crippen LogP) is 2.30. The summed E-state index contributed by atoms with van der Waals surface area (Å²) in [6.45, 7) is 6.47. The number of rotatable bonds is 11. The molecule has 0 radical (unpaired) electrons. The Kier molecular flexibility index (Phi) is 9.66. The minimum absolute atomic E-state index is 0.202. The second-order valence-electron chi connectivity index (χ2n) is 4.62. The molecule has 0 saturated carbocycles. The Hall–Kier alpha value is -0.620. The van der Waals surface area contributed by atoms with E-state index in [9.17, 15) is 0 Å². The molecule has 0 heterocycles. The smallest absolute Gasteiger partial charge is 0.133 e. The van der Waals surface area contributed by atoms with Crippen LogP contribution >= 0.6 is 15.9 Å². The van der Waals surface area contributed by atoms with E-state index in [-0.39, 0.29) is 6.61 Å². The van der Waals surface area contributed by atoms with Gasteiger partial charge in [0, 0.05) is 13.1 Å². The van der Waals surface area contributed by atoms with Gasteiger partial charge in [0.1, 0.15) is 5.75 Å². The van der Waals surface area contributed by atoms with Crippen molar-refractivity contribution in [3.05, 3.63) is 28.2 Å². The summed E-state index contributed by atoms with van der Waals surface area (Å²) in [5.41, 5.74) is 1.24. The molecule has 3 N–H and O–H groups in total. The normalized spacial score (nSPS) is 10.8.